The molecule has 6 heteroatoms. The molecule has 0 atom stereocenters. The van der Waals surface area contributed by atoms with E-state index in [0.29, 0.717) is 5.56 Å². The summed E-state index contributed by atoms with van der Waals surface area (Å²) in [6.45, 7) is 3.20. The zero-order valence-corrected chi connectivity index (χ0v) is 14.1. The number of aromatic nitrogens is 1. The molecule has 0 saturated heterocycles. The number of amides is 1. The van der Waals surface area contributed by atoms with Gasteiger partial charge in [0.25, 0.3) is 0 Å². The Hall–Kier alpha value is -2.73. The molecule has 122 valence electrons. The van der Waals surface area contributed by atoms with Crippen LogP contribution in [0.2, 0.25) is 0 Å². The molecule has 0 aliphatic carbocycles. The van der Waals surface area contributed by atoms with Gasteiger partial charge in [0.2, 0.25) is 5.91 Å². The summed E-state index contributed by atoms with van der Waals surface area (Å²) in [5.41, 5.74) is 3.82. The predicted molar refractivity (Wildman–Crippen MR) is 96.3 cm³/mol. The van der Waals surface area contributed by atoms with E-state index in [1.54, 1.807) is 19.1 Å². The van der Waals surface area contributed by atoms with Crippen LogP contribution in [0.15, 0.2) is 47.8 Å². The quantitative estimate of drug-likeness (QED) is 0.705. The molecule has 4 nitrogen and oxygen atoms in total. The lowest BCUT2D eigenvalue weighted by Crippen LogP contribution is -2.05. The van der Waals surface area contributed by atoms with Gasteiger partial charge in [-0.25, -0.2) is 9.37 Å². The molecule has 0 saturated carbocycles. The number of rotatable bonds is 4. The molecule has 0 bridgehead atoms. The molecule has 2 N–H and O–H groups in total. The lowest BCUT2D eigenvalue weighted by Gasteiger charge is -2.06. The van der Waals surface area contributed by atoms with Gasteiger partial charge >= 0.3 is 0 Å². The lowest BCUT2D eigenvalue weighted by molar-refractivity contribution is -0.114. The van der Waals surface area contributed by atoms with Crippen LogP contribution in [0.5, 0.6) is 0 Å². The van der Waals surface area contributed by atoms with Crippen LogP contribution in [0.4, 0.5) is 20.9 Å². The van der Waals surface area contributed by atoms with Gasteiger partial charge in [-0.2, -0.15) is 0 Å². The van der Waals surface area contributed by atoms with Gasteiger partial charge in [0.1, 0.15) is 5.82 Å². The summed E-state index contributed by atoms with van der Waals surface area (Å²) in [5, 5.41) is 8.61. The highest BCUT2D eigenvalue weighted by Crippen LogP contribution is 2.28. The second-order valence-corrected chi connectivity index (χ2v) is 6.25. The second kappa shape index (κ2) is 6.80. The molecule has 3 rings (SSSR count). The van der Waals surface area contributed by atoms with Crippen LogP contribution < -0.4 is 10.6 Å². The van der Waals surface area contributed by atoms with Crippen molar-refractivity contribution in [3.63, 3.8) is 0 Å². The maximum atomic E-state index is 13.4. The van der Waals surface area contributed by atoms with Gasteiger partial charge in [0, 0.05) is 29.2 Å². The molecule has 0 spiro atoms. The number of aryl methyl sites for hydroxylation is 1. The lowest BCUT2D eigenvalue weighted by atomic mass is 10.1. The molecule has 0 aliphatic heterocycles. The minimum atomic E-state index is -0.220. The molecule has 3 aromatic rings. The highest BCUT2D eigenvalue weighted by Gasteiger charge is 2.07. The van der Waals surface area contributed by atoms with Gasteiger partial charge in [0.15, 0.2) is 5.13 Å². The first kappa shape index (κ1) is 16.1. The van der Waals surface area contributed by atoms with E-state index in [4.69, 9.17) is 0 Å². The van der Waals surface area contributed by atoms with Gasteiger partial charge in [-0.05, 0) is 48.9 Å². The fourth-order valence-electron chi connectivity index (χ4n) is 2.27. The topological polar surface area (TPSA) is 54.0 Å². The van der Waals surface area contributed by atoms with E-state index in [2.05, 4.69) is 15.6 Å². The Balaban J connectivity index is 1.79. The van der Waals surface area contributed by atoms with Crippen molar-refractivity contribution in [3.8, 4) is 11.3 Å². The molecular formula is C18H16FN3OS. The maximum absolute atomic E-state index is 13.4. The van der Waals surface area contributed by atoms with E-state index in [9.17, 15) is 9.18 Å². The van der Waals surface area contributed by atoms with Gasteiger partial charge in [-0.15, -0.1) is 11.3 Å². The summed E-state index contributed by atoms with van der Waals surface area (Å²) >= 11 is 1.47. The third-order valence-corrected chi connectivity index (χ3v) is 4.15. The standard InChI is InChI=1S/C18H16FN3OS/c1-11-8-13(6-7-16(11)19)17-10-24-18(22-17)21-15-5-3-4-14(9-15)20-12(2)23/h3-10H,1-2H3,(H,20,23)(H,21,22). The van der Waals surface area contributed by atoms with E-state index in [1.165, 1.54) is 24.3 Å². The van der Waals surface area contributed by atoms with Crippen molar-refractivity contribution in [2.75, 3.05) is 10.6 Å². The molecule has 1 amide bonds. The number of nitrogens with one attached hydrogen (secondary N) is 2. The van der Waals surface area contributed by atoms with Gasteiger partial charge in [0.05, 0.1) is 5.69 Å². The fraction of sp³-hybridized carbons (Fsp3) is 0.111. The summed E-state index contributed by atoms with van der Waals surface area (Å²) in [5.74, 6) is -0.336. The average molecular weight is 341 g/mol. The molecule has 1 heterocycles. The SMILES string of the molecule is CC(=O)Nc1cccc(Nc2nc(-c3ccc(F)c(C)c3)cs2)c1. The van der Waals surface area contributed by atoms with Crippen molar-refractivity contribution >= 4 is 33.8 Å². The van der Waals surface area contributed by atoms with E-state index in [1.807, 2.05) is 29.6 Å². The molecule has 1 aromatic heterocycles. The van der Waals surface area contributed by atoms with E-state index in [0.717, 1.165) is 27.8 Å². The molecule has 2 aromatic carbocycles. The van der Waals surface area contributed by atoms with Crippen molar-refractivity contribution in [1.82, 2.24) is 4.98 Å². The fourth-order valence-corrected chi connectivity index (χ4v) is 3.01. The molecule has 0 aliphatic rings. The van der Waals surface area contributed by atoms with Crippen LogP contribution in [-0.2, 0) is 4.79 Å². The number of carbonyl (C=O) groups excluding carboxylic acids is 1. The Morgan fingerprint density at radius 1 is 1.17 bits per heavy atom. The number of thiazole rings is 1. The van der Waals surface area contributed by atoms with Crippen LogP contribution in [-0.4, -0.2) is 10.9 Å². The number of carbonyl (C=O) groups is 1. The Kier molecular flexibility index (Phi) is 4.57. The van der Waals surface area contributed by atoms with Gasteiger partial charge in [-0.3, -0.25) is 4.79 Å². The maximum Gasteiger partial charge on any atom is 0.221 e. The zero-order chi connectivity index (χ0) is 17.1. The van der Waals surface area contributed by atoms with Crippen molar-refractivity contribution in [2.45, 2.75) is 13.8 Å². The highest BCUT2D eigenvalue weighted by molar-refractivity contribution is 7.14. The van der Waals surface area contributed by atoms with Crippen molar-refractivity contribution in [3.05, 3.63) is 59.2 Å². The third kappa shape index (κ3) is 3.78. The first-order valence-electron chi connectivity index (χ1n) is 7.38. The Morgan fingerprint density at radius 3 is 2.71 bits per heavy atom. The predicted octanol–water partition coefficient (Wildman–Crippen LogP) is 4.96. The molecule has 0 fully saturated rings. The molecule has 0 unspecified atom stereocenters. The summed E-state index contributed by atoms with van der Waals surface area (Å²) in [4.78, 5) is 15.7. The number of anilines is 3. The largest absolute Gasteiger partial charge is 0.331 e. The molecular weight excluding hydrogens is 325 g/mol. The number of halogens is 1. The van der Waals surface area contributed by atoms with Gasteiger partial charge < -0.3 is 10.6 Å². The van der Waals surface area contributed by atoms with E-state index in [-0.39, 0.29) is 11.7 Å². The summed E-state index contributed by atoms with van der Waals surface area (Å²) < 4.78 is 13.4. The van der Waals surface area contributed by atoms with Crippen LogP contribution in [0.25, 0.3) is 11.3 Å². The average Bonchev–Trinajstić information content (AvgIpc) is 2.98. The number of hydrogen-bond donors (Lipinski definition) is 2. The smallest absolute Gasteiger partial charge is 0.221 e. The van der Waals surface area contributed by atoms with Crippen LogP contribution >= 0.6 is 11.3 Å². The minimum absolute atomic E-state index is 0.115. The summed E-state index contributed by atoms with van der Waals surface area (Å²) in [6, 6.07) is 12.4. The number of hydrogen-bond acceptors (Lipinski definition) is 4. The second-order valence-electron chi connectivity index (χ2n) is 5.39. The molecule has 0 radical (unpaired) electrons. The third-order valence-electron chi connectivity index (χ3n) is 3.39. The zero-order valence-electron chi connectivity index (χ0n) is 13.3. The highest BCUT2D eigenvalue weighted by atomic mass is 32.1. The van der Waals surface area contributed by atoms with Crippen LogP contribution in [0.3, 0.4) is 0 Å². The monoisotopic (exact) mass is 341 g/mol. The van der Waals surface area contributed by atoms with E-state index >= 15 is 0 Å². The normalized spacial score (nSPS) is 10.5. The Morgan fingerprint density at radius 2 is 1.96 bits per heavy atom. The van der Waals surface area contributed by atoms with Crippen molar-refractivity contribution in [1.29, 1.82) is 0 Å². The first-order chi connectivity index (χ1) is 11.5. The number of benzene rings is 2. The minimum Gasteiger partial charge on any atom is -0.331 e. The van der Waals surface area contributed by atoms with Crippen molar-refractivity contribution < 1.29 is 9.18 Å². The summed E-state index contributed by atoms with van der Waals surface area (Å²) in [7, 11) is 0. The Labute approximate surface area is 143 Å². The summed E-state index contributed by atoms with van der Waals surface area (Å²) in [6.07, 6.45) is 0. The number of nitrogens with zero attached hydrogens (tertiary/aromatic N) is 1. The van der Waals surface area contributed by atoms with E-state index < -0.39 is 0 Å². The van der Waals surface area contributed by atoms with Crippen LogP contribution in [0.1, 0.15) is 12.5 Å². The van der Waals surface area contributed by atoms with Crippen LogP contribution in [0, 0.1) is 12.7 Å². The molecule has 24 heavy (non-hydrogen) atoms. The first-order valence-corrected chi connectivity index (χ1v) is 8.26. The van der Waals surface area contributed by atoms with Gasteiger partial charge in [-0.1, -0.05) is 6.07 Å². The Bertz CT molecular complexity index is 891. The van der Waals surface area contributed by atoms with Crippen molar-refractivity contribution in [2.24, 2.45) is 0 Å².